The van der Waals surface area contributed by atoms with E-state index in [4.69, 9.17) is 0 Å². The molecule has 1 N–H and O–H groups in total. The zero-order chi connectivity index (χ0) is 14.9. The van der Waals surface area contributed by atoms with E-state index in [1.165, 1.54) is 63.4 Å². The van der Waals surface area contributed by atoms with Gasteiger partial charge in [-0.05, 0) is 103 Å². The van der Waals surface area contributed by atoms with Crippen LogP contribution in [-0.2, 0) is 6.42 Å². The Morgan fingerprint density at radius 1 is 1.05 bits per heavy atom. The molecule has 1 aromatic rings. The van der Waals surface area contributed by atoms with E-state index in [1.54, 1.807) is 5.56 Å². The fraction of sp³-hybridized carbons (Fsp3) is 0.714. The standard InChI is InChI=1S/C21H28O/c1-20-10-8-17-16-7-5-15(22)13-14(16)4-6-18(17)19(20)3-2-9-21(20)11-12-21/h5,7,13,17-19,22H,2-4,6,8-12H2,1H3/t17-,18?,19?,20?/m1/s1. The number of phenols is 1. The molecule has 0 aromatic heterocycles. The van der Waals surface area contributed by atoms with Gasteiger partial charge in [-0.25, -0.2) is 0 Å². The van der Waals surface area contributed by atoms with Crippen LogP contribution in [-0.4, -0.2) is 5.11 Å². The van der Waals surface area contributed by atoms with E-state index in [9.17, 15) is 5.11 Å². The van der Waals surface area contributed by atoms with Crippen molar-refractivity contribution in [2.75, 3.05) is 0 Å². The molecule has 1 nitrogen and oxygen atoms in total. The van der Waals surface area contributed by atoms with E-state index in [1.807, 2.05) is 12.1 Å². The third-order valence-corrected chi connectivity index (χ3v) is 8.34. The Kier molecular flexibility index (Phi) is 2.63. The Bertz CT molecular complexity index is 614. The highest BCUT2D eigenvalue weighted by atomic mass is 16.3. The topological polar surface area (TPSA) is 20.2 Å². The molecule has 3 saturated carbocycles. The average Bonchev–Trinajstić information content (AvgIpc) is 3.29. The molecule has 3 fully saturated rings. The summed E-state index contributed by atoms with van der Waals surface area (Å²) in [6, 6.07) is 6.18. The van der Waals surface area contributed by atoms with E-state index < -0.39 is 0 Å². The number of aromatic hydroxyl groups is 1. The predicted octanol–water partition coefficient (Wildman–Crippen LogP) is 5.42. The summed E-state index contributed by atoms with van der Waals surface area (Å²) in [4.78, 5) is 0. The highest BCUT2D eigenvalue weighted by molar-refractivity contribution is 5.40. The van der Waals surface area contributed by atoms with Gasteiger partial charge >= 0.3 is 0 Å². The molecule has 0 saturated heterocycles. The maximum Gasteiger partial charge on any atom is 0.115 e. The van der Waals surface area contributed by atoms with Crippen LogP contribution in [0.5, 0.6) is 5.75 Å². The van der Waals surface area contributed by atoms with Crippen molar-refractivity contribution >= 4 is 0 Å². The molecule has 3 unspecified atom stereocenters. The van der Waals surface area contributed by atoms with Gasteiger partial charge in [0.15, 0.2) is 0 Å². The second-order valence-corrected chi connectivity index (χ2v) is 8.93. The van der Waals surface area contributed by atoms with Gasteiger partial charge in [-0.1, -0.05) is 19.4 Å². The van der Waals surface area contributed by atoms with E-state index in [-0.39, 0.29) is 0 Å². The van der Waals surface area contributed by atoms with Crippen LogP contribution in [0.15, 0.2) is 18.2 Å². The van der Waals surface area contributed by atoms with Crippen LogP contribution in [0.25, 0.3) is 0 Å². The van der Waals surface area contributed by atoms with Gasteiger partial charge in [0, 0.05) is 0 Å². The lowest BCUT2D eigenvalue weighted by Gasteiger charge is -2.58. The molecule has 118 valence electrons. The second-order valence-electron chi connectivity index (χ2n) is 8.93. The number of benzene rings is 1. The summed E-state index contributed by atoms with van der Waals surface area (Å²) in [5, 5.41) is 9.79. The van der Waals surface area contributed by atoms with Crippen molar-refractivity contribution in [3.63, 3.8) is 0 Å². The molecular formula is C21H28O. The summed E-state index contributed by atoms with van der Waals surface area (Å²) in [6.07, 6.45) is 12.9. The van der Waals surface area contributed by atoms with Crippen molar-refractivity contribution in [3.05, 3.63) is 29.3 Å². The first-order chi connectivity index (χ1) is 10.6. The van der Waals surface area contributed by atoms with Crippen molar-refractivity contribution < 1.29 is 5.11 Å². The number of aryl methyl sites for hydroxylation is 1. The third kappa shape index (κ3) is 1.61. The highest BCUT2D eigenvalue weighted by Gasteiger charge is 2.63. The zero-order valence-corrected chi connectivity index (χ0v) is 13.8. The van der Waals surface area contributed by atoms with Crippen molar-refractivity contribution in [2.45, 2.75) is 70.6 Å². The molecule has 0 amide bonds. The van der Waals surface area contributed by atoms with Gasteiger partial charge in [0.1, 0.15) is 5.75 Å². The molecule has 4 atom stereocenters. The number of rotatable bonds is 0. The van der Waals surface area contributed by atoms with Crippen molar-refractivity contribution in [1.82, 2.24) is 0 Å². The Hall–Kier alpha value is -0.980. The van der Waals surface area contributed by atoms with Gasteiger partial charge in [0.2, 0.25) is 0 Å². The van der Waals surface area contributed by atoms with Crippen molar-refractivity contribution in [3.8, 4) is 5.75 Å². The van der Waals surface area contributed by atoms with Crippen LogP contribution in [0.4, 0.5) is 0 Å². The molecule has 0 bridgehead atoms. The molecular weight excluding hydrogens is 268 g/mol. The number of fused-ring (bicyclic) bond motifs is 6. The predicted molar refractivity (Wildman–Crippen MR) is 89.0 cm³/mol. The van der Waals surface area contributed by atoms with Gasteiger partial charge in [0.25, 0.3) is 0 Å². The molecule has 1 aromatic carbocycles. The van der Waals surface area contributed by atoms with E-state index in [0.29, 0.717) is 11.2 Å². The first-order valence-corrected chi connectivity index (χ1v) is 9.45. The number of hydrogen-bond acceptors (Lipinski definition) is 1. The fourth-order valence-corrected chi connectivity index (χ4v) is 7.00. The highest BCUT2D eigenvalue weighted by Crippen LogP contribution is 2.73. The van der Waals surface area contributed by atoms with Gasteiger partial charge in [-0.2, -0.15) is 0 Å². The van der Waals surface area contributed by atoms with Crippen LogP contribution in [0.3, 0.4) is 0 Å². The molecule has 5 rings (SSSR count). The summed E-state index contributed by atoms with van der Waals surface area (Å²) in [6.45, 7) is 2.66. The van der Waals surface area contributed by atoms with E-state index >= 15 is 0 Å². The summed E-state index contributed by atoms with van der Waals surface area (Å²) in [7, 11) is 0. The van der Waals surface area contributed by atoms with E-state index in [2.05, 4.69) is 13.0 Å². The van der Waals surface area contributed by atoms with Crippen molar-refractivity contribution in [2.24, 2.45) is 22.7 Å². The monoisotopic (exact) mass is 296 g/mol. The molecule has 0 aliphatic heterocycles. The van der Waals surface area contributed by atoms with E-state index in [0.717, 1.165) is 23.2 Å². The molecule has 0 heterocycles. The van der Waals surface area contributed by atoms with Gasteiger partial charge < -0.3 is 5.11 Å². The summed E-state index contributed by atoms with van der Waals surface area (Å²) in [5.41, 5.74) is 4.39. The normalized spacial score (nSPS) is 41.4. The quantitative estimate of drug-likeness (QED) is 0.678. The fourth-order valence-electron chi connectivity index (χ4n) is 7.00. The average molecular weight is 296 g/mol. The van der Waals surface area contributed by atoms with Gasteiger partial charge in [-0.3, -0.25) is 0 Å². The van der Waals surface area contributed by atoms with Gasteiger partial charge in [-0.15, -0.1) is 0 Å². The lowest BCUT2D eigenvalue weighted by Crippen LogP contribution is -2.49. The molecule has 1 spiro atoms. The minimum Gasteiger partial charge on any atom is -0.508 e. The Morgan fingerprint density at radius 3 is 2.73 bits per heavy atom. The lowest BCUT2D eigenvalue weighted by molar-refractivity contribution is -0.0634. The Labute approximate surface area is 134 Å². The molecule has 4 aliphatic rings. The van der Waals surface area contributed by atoms with Crippen LogP contribution < -0.4 is 0 Å². The summed E-state index contributed by atoms with van der Waals surface area (Å²) >= 11 is 0. The van der Waals surface area contributed by atoms with Crippen LogP contribution in [0, 0.1) is 22.7 Å². The molecule has 22 heavy (non-hydrogen) atoms. The first-order valence-electron chi connectivity index (χ1n) is 9.45. The largest absolute Gasteiger partial charge is 0.508 e. The summed E-state index contributed by atoms with van der Waals surface area (Å²) in [5.74, 6) is 3.10. The van der Waals surface area contributed by atoms with Crippen LogP contribution in [0.1, 0.15) is 75.3 Å². The first kappa shape index (κ1) is 13.5. The SMILES string of the molecule is CC12CC[C@@H]3c4ccc(O)cc4CCC3C1CCCC21CC1. The Morgan fingerprint density at radius 2 is 1.91 bits per heavy atom. The second kappa shape index (κ2) is 4.30. The zero-order valence-electron chi connectivity index (χ0n) is 13.8. The maximum atomic E-state index is 9.79. The van der Waals surface area contributed by atoms with Crippen LogP contribution >= 0.6 is 0 Å². The molecule has 0 radical (unpaired) electrons. The third-order valence-electron chi connectivity index (χ3n) is 8.34. The maximum absolute atomic E-state index is 9.79. The smallest absolute Gasteiger partial charge is 0.115 e. The number of hydrogen-bond donors (Lipinski definition) is 1. The summed E-state index contributed by atoms with van der Waals surface area (Å²) < 4.78 is 0. The lowest BCUT2D eigenvalue weighted by atomic mass is 9.46. The Balaban J connectivity index is 1.53. The number of phenolic OH excluding ortho intramolecular Hbond substituents is 1. The molecule has 1 heteroatoms. The minimum atomic E-state index is 0.451. The van der Waals surface area contributed by atoms with Gasteiger partial charge in [0.05, 0.1) is 0 Å². The minimum absolute atomic E-state index is 0.451. The van der Waals surface area contributed by atoms with Crippen LogP contribution in [0.2, 0.25) is 0 Å². The van der Waals surface area contributed by atoms with Crippen molar-refractivity contribution in [1.29, 1.82) is 0 Å². The molecule has 4 aliphatic carbocycles.